The van der Waals surface area contributed by atoms with E-state index >= 15 is 0 Å². The molecule has 0 aromatic heterocycles. The zero-order valence-electron chi connectivity index (χ0n) is 22.3. The quantitative estimate of drug-likeness (QED) is 0.0909. The predicted octanol–water partition coefficient (Wildman–Crippen LogP) is 6.00. The van der Waals surface area contributed by atoms with Gasteiger partial charge in [-0.1, -0.05) is 12.1 Å². The van der Waals surface area contributed by atoms with E-state index in [1.54, 1.807) is 43.3 Å². The summed E-state index contributed by atoms with van der Waals surface area (Å²) in [6, 6.07) is 15.6. The van der Waals surface area contributed by atoms with E-state index in [9.17, 15) is 35.1 Å². The second-order valence-electron chi connectivity index (χ2n) is 9.25. The van der Waals surface area contributed by atoms with Crippen LogP contribution < -0.4 is 4.90 Å². The van der Waals surface area contributed by atoms with Crippen molar-refractivity contribution in [2.24, 2.45) is 10.2 Å². The van der Waals surface area contributed by atoms with Gasteiger partial charge in [0.1, 0.15) is 6.07 Å². The molecule has 0 bridgehead atoms. The molecule has 13 nitrogen and oxygen atoms in total. The Balaban J connectivity index is 1.43. The lowest BCUT2D eigenvalue weighted by Crippen LogP contribution is -2.31. The third-order valence-electron chi connectivity index (χ3n) is 6.73. The summed E-state index contributed by atoms with van der Waals surface area (Å²) >= 11 is 0. The molecule has 3 aromatic rings. The first-order valence-electron chi connectivity index (χ1n) is 12.8. The molecule has 13 heteroatoms. The van der Waals surface area contributed by atoms with Gasteiger partial charge in [0.2, 0.25) is 0 Å². The molecule has 0 N–H and O–H groups in total. The van der Waals surface area contributed by atoms with Crippen LogP contribution in [0, 0.1) is 38.5 Å². The number of nitrogens with zero attached hydrogens (tertiary/aromatic N) is 7. The highest BCUT2D eigenvalue weighted by Crippen LogP contribution is 2.37. The van der Waals surface area contributed by atoms with Gasteiger partial charge in [0.25, 0.3) is 17.5 Å². The number of fused-ring (bicyclic) bond motifs is 1. The highest BCUT2D eigenvalue weighted by Gasteiger charge is 2.34. The van der Waals surface area contributed by atoms with Gasteiger partial charge in [-0.25, -0.2) is 0 Å². The fourth-order valence-corrected chi connectivity index (χ4v) is 4.58. The van der Waals surface area contributed by atoms with Crippen molar-refractivity contribution in [3.8, 4) is 6.07 Å². The number of azo groups is 1. The van der Waals surface area contributed by atoms with Crippen LogP contribution in [0.1, 0.15) is 51.6 Å². The molecule has 2 amide bonds. The van der Waals surface area contributed by atoms with E-state index in [0.717, 1.165) is 29.8 Å². The van der Waals surface area contributed by atoms with Crippen LogP contribution in [0.2, 0.25) is 0 Å². The van der Waals surface area contributed by atoms with Gasteiger partial charge < -0.3 is 4.90 Å². The average molecular weight is 556 g/mol. The van der Waals surface area contributed by atoms with Crippen molar-refractivity contribution >= 4 is 40.3 Å². The molecule has 1 heterocycles. The molecule has 0 saturated carbocycles. The number of nitriles is 1. The van der Waals surface area contributed by atoms with Crippen molar-refractivity contribution in [2.75, 3.05) is 24.5 Å². The number of amides is 2. The van der Waals surface area contributed by atoms with E-state index in [4.69, 9.17) is 0 Å². The first-order chi connectivity index (χ1) is 19.7. The van der Waals surface area contributed by atoms with Gasteiger partial charge >= 0.3 is 5.69 Å². The highest BCUT2D eigenvalue weighted by molar-refractivity contribution is 6.21. The molecule has 0 unspecified atom stereocenters. The Hall–Kier alpha value is -5.51. The summed E-state index contributed by atoms with van der Waals surface area (Å²) < 4.78 is 0. The van der Waals surface area contributed by atoms with Crippen molar-refractivity contribution < 1.29 is 19.4 Å². The van der Waals surface area contributed by atoms with Gasteiger partial charge in [-0.3, -0.25) is 34.7 Å². The molecule has 4 rings (SSSR count). The number of hydrogen-bond acceptors (Lipinski definition) is 10. The number of nitro groups is 2. The third kappa shape index (κ3) is 5.91. The Labute approximate surface area is 234 Å². The Kier molecular flexibility index (Phi) is 8.43. The second-order valence-corrected chi connectivity index (χ2v) is 9.25. The van der Waals surface area contributed by atoms with E-state index in [0.29, 0.717) is 42.9 Å². The van der Waals surface area contributed by atoms with Crippen molar-refractivity contribution in [3.05, 3.63) is 97.1 Å². The van der Waals surface area contributed by atoms with Gasteiger partial charge in [0.15, 0.2) is 5.69 Å². The van der Waals surface area contributed by atoms with Gasteiger partial charge in [-0.05, 0) is 62.6 Å². The largest absolute Gasteiger partial charge is 0.372 e. The van der Waals surface area contributed by atoms with Gasteiger partial charge in [0, 0.05) is 31.4 Å². The molecule has 0 radical (unpaired) electrons. The van der Waals surface area contributed by atoms with Crippen LogP contribution in [0.15, 0.2) is 64.8 Å². The highest BCUT2D eigenvalue weighted by atomic mass is 16.6. The number of anilines is 1. The zero-order valence-corrected chi connectivity index (χ0v) is 22.3. The lowest BCUT2D eigenvalue weighted by atomic mass is 10.1. The maximum Gasteiger partial charge on any atom is 0.304 e. The number of unbranched alkanes of at least 4 members (excludes halogenated alkanes) is 1. The normalized spacial score (nSPS) is 12.5. The molecular formula is C28H25N7O6. The molecule has 0 aliphatic carbocycles. The average Bonchev–Trinajstić information content (AvgIpc) is 3.20. The molecule has 208 valence electrons. The molecule has 0 atom stereocenters. The third-order valence-corrected chi connectivity index (χ3v) is 6.73. The van der Waals surface area contributed by atoms with E-state index < -0.39 is 21.2 Å². The summed E-state index contributed by atoms with van der Waals surface area (Å²) in [7, 11) is 0. The van der Waals surface area contributed by atoms with Crippen LogP contribution in [0.5, 0.6) is 0 Å². The fraction of sp³-hybridized carbons (Fsp3) is 0.250. The first-order valence-corrected chi connectivity index (χ1v) is 12.8. The predicted molar refractivity (Wildman–Crippen MR) is 149 cm³/mol. The zero-order chi connectivity index (χ0) is 29.7. The second kappa shape index (κ2) is 12.1. The molecule has 3 aromatic carbocycles. The number of nitro benzene ring substituents is 2. The van der Waals surface area contributed by atoms with E-state index in [-0.39, 0.29) is 23.1 Å². The molecule has 41 heavy (non-hydrogen) atoms. The molecule has 0 saturated heterocycles. The lowest BCUT2D eigenvalue weighted by Gasteiger charge is -2.24. The number of aryl methyl sites for hydroxylation is 1. The maximum atomic E-state index is 12.6. The summed E-state index contributed by atoms with van der Waals surface area (Å²) in [5.74, 6) is -0.529. The van der Waals surface area contributed by atoms with Crippen molar-refractivity contribution in [1.82, 2.24) is 4.90 Å². The topological polar surface area (TPSA) is 175 Å². The van der Waals surface area contributed by atoms with Crippen LogP contribution >= 0.6 is 0 Å². The summed E-state index contributed by atoms with van der Waals surface area (Å²) in [5, 5.41) is 40.0. The number of benzene rings is 3. The summed E-state index contributed by atoms with van der Waals surface area (Å²) in [4.78, 5) is 49.5. The summed E-state index contributed by atoms with van der Waals surface area (Å²) in [5.41, 5.74) is 0.944. The number of carbonyl (C=O) groups excluding carboxylic acids is 2. The van der Waals surface area contributed by atoms with Crippen LogP contribution in [-0.4, -0.2) is 46.2 Å². The number of non-ortho nitro benzene ring substituents is 1. The van der Waals surface area contributed by atoms with E-state index in [1.165, 1.54) is 4.90 Å². The Morgan fingerprint density at radius 3 is 2.20 bits per heavy atom. The molecular weight excluding hydrogens is 530 g/mol. The molecule has 0 fully saturated rings. The summed E-state index contributed by atoms with van der Waals surface area (Å²) in [6.45, 7) is 5.52. The minimum Gasteiger partial charge on any atom is -0.372 e. The van der Waals surface area contributed by atoms with E-state index in [2.05, 4.69) is 15.1 Å². The monoisotopic (exact) mass is 555 g/mol. The maximum absolute atomic E-state index is 12.6. The number of hydrogen-bond donors (Lipinski definition) is 0. The van der Waals surface area contributed by atoms with Crippen molar-refractivity contribution in [2.45, 2.75) is 26.7 Å². The van der Waals surface area contributed by atoms with Gasteiger partial charge in [-0.2, -0.15) is 5.26 Å². The lowest BCUT2D eigenvalue weighted by molar-refractivity contribution is -0.393. The van der Waals surface area contributed by atoms with Crippen LogP contribution in [0.4, 0.5) is 28.4 Å². The smallest absolute Gasteiger partial charge is 0.304 e. The molecule has 0 spiro atoms. The minimum atomic E-state index is -0.842. The Morgan fingerprint density at radius 2 is 1.63 bits per heavy atom. The fourth-order valence-electron chi connectivity index (χ4n) is 4.58. The van der Waals surface area contributed by atoms with E-state index in [1.807, 2.05) is 19.1 Å². The Morgan fingerprint density at radius 1 is 0.951 bits per heavy atom. The van der Waals surface area contributed by atoms with Gasteiger partial charge in [0.05, 0.1) is 38.3 Å². The SMILES string of the molecule is CCN(CCCCN1C(=O)c2ccccc2C1=O)c1ccc(N=Nc2c(C#N)cc([N+](=O)[O-])cc2[N+](=O)[O-])c(C)c1. The Bertz CT molecular complexity index is 1590. The number of imide groups is 1. The summed E-state index contributed by atoms with van der Waals surface area (Å²) in [6.07, 6.45) is 1.38. The number of rotatable bonds is 11. The standard InChI is InChI=1S/C28H25N7O6/c1-3-32(12-6-7-13-33-27(36)22-8-4-5-9-23(22)28(33)37)20-10-11-24(18(2)14-20)30-31-26-19(17-29)15-21(34(38)39)16-25(26)35(40)41/h4-5,8-11,14-16H,3,6-7,12-13H2,1-2H3. The van der Waals surface area contributed by atoms with Crippen molar-refractivity contribution in [1.29, 1.82) is 5.26 Å². The molecule has 1 aliphatic heterocycles. The van der Waals surface area contributed by atoms with Crippen molar-refractivity contribution in [3.63, 3.8) is 0 Å². The van der Waals surface area contributed by atoms with Crippen LogP contribution in [0.25, 0.3) is 0 Å². The van der Waals surface area contributed by atoms with Crippen LogP contribution in [0.3, 0.4) is 0 Å². The first kappa shape index (κ1) is 28.5. The number of carbonyl (C=O) groups is 2. The minimum absolute atomic E-state index is 0.265. The van der Waals surface area contributed by atoms with Crippen LogP contribution in [-0.2, 0) is 0 Å². The van der Waals surface area contributed by atoms with Gasteiger partial charge in [-0.15, -0.1) is 10.2 Å². The molecule has 1 aliphatic rings.